The molecule has 0 spiro atoms. The second kappa shape index (κ2) is 4.66. The van der Waals surface area contributed by atoms with Crippen LogP contribution in [0.2, 0.25) is 0 Å². The van der Waals surface area contributed by atoms with Crippen molar-refractivity contribution < 1.29 is 14.9 Å². The summed E-state index contributed by atoms with van der Waals surface area (Å²) in [6, 6.07) is 0. The lowest BCUT2D eigenvalue weighted by Crippen LogP contribution is -2.29. The summed E-state index contributed by atoms with van der Waals surface area (Å²) < 4.78 is 4.70. The lowest BCUT2D eigenvalue weighted by atomic mass is 10.1. The number of methoxy groups -OCH3 is 1. The summed E-state index contributed by atoms with van der Waals surface area (Å²) in [6.07, 6.45) is 1.48. The maximum absolute atomic E-state index is 9.12. The quantitative estimate of drug-likeness (QED) is 0.558. The summed E-state index contributed by atoms with van der Waals surface area (Å²) in [5.74, 6) is -1.52. The van der Waals surface area contributed by atoms with Gasteiger partial charge in [-0.15, -0.1) is 0 Å². The van der Waals surface area contributed by atoms with Crippen molar-refractivity contribution in [3.8, 4) is 0 Å². The minimum absolute atomic E-state index is 0.289. The average Bonchev–Trinajstić information content (AvgIpc) is 1.84. The molecular weight excluding hydrogens is 132 g/mol. The Hall–Kier alpha value is -0.120. The number of hydrogen-bond donors (Lipinski definition) is 2. The van der Waals surface area contributed by atoms with Gasteiger partial charge in [-0.1, -0.05) is 13.3 Å². The Labute approximate surface area is 61.6 Å². The molecule has 0 aromatic carbocycles. The van der Waals surface area contributed by atoms with Crippen molar-refractivity contribution in [1.82, 2.24) is 0 Å². The first-order chi connectivity index (χ1) is 4.62. The van der Waals surface area contributed by atoms with Crippen LogP contribution in [0, 0.1) is 0 Å². The van der Waals surface area contributed by atoms with Gasteiger partial charge in [0, 0.05) is 20.0 Å². The molecule has 2 N–H and O–H groups in total. The normalized spacial score (nSPS) is 12.0. The molecule has 0 radical (unpaired) electrons. The van der Waals surface area contributed by atoms with Crippen LogP contribution in [0.5, 0.6) is 0 Å². The predicted octanol–water partition coefficient (Wildman–Crippen LogP) is 0.504. The van der Waals surface area contributed by atoms with Gasteiger partial charge in [-0.05, 0) is 0 Å². The minimum Gasteiger partial charge on any atom is -0.384 e. The Morgan fingerprint density at radius 1 is 1.30 bits per heavy atom. The number of ether oxygens (including phenoxy) is 1. The fourth-order valence-corrected chi connectivity index (χ4v) is 0.791. The molecule has 0 aliphatic carbocycles. The van der Waals surface area contributed by atoms with Gasteiger partial charge in [0.1, 0.15) is 0 Å². The van der Waals surface area contributed by atoms with Crippen molar-refractivity contribution >= 4 is 0 Å². The molecule has 0 bridgehead atoms. The Bertz CT molecular complexity index is 80.9. The molecule has 0 saturated carbocycles. The van der Waals surface area contributed by atoms with E-state index in [9.17, 15) is 0 Å². The highest BCUT2D eigenvalue weighted by atomic mass is 16.5. The van der Waals surface area contributed by atoms with E-state index in [4.69, 9.17) is 14.9 Å². The van der Waals surface area contributed by atoms with E-state index in [1.165, 1.54) is 0 Å². The van der Waals surface area contributed by atoms with Crippen LogP contribution in [0.3, 0.4) is 0 Å². The molecule has 0 saturated heterocycles. The molecular formula is C7H16O3. The number of hydrogen-bond acceptors (Lipinski definition) is 3. The average molecular weight is 148 g/mol. The van der Waals surface area contributed by atoms with Crippen LogP contribution in [0.15, 0.2) is 0 Å². The van der Waals surface area contributed by atoms with Crippen LogP contribution in [0.1, 0.15) is 26.2 Å². The molecule has 0 fully saturated rings. The third-order valence-corrected chi connectivity index (χ3v) is 1.36. The molecule has 0 aliphatic rings. The van der Waals surface area contributed by atoms with Crippen LogP contribution < -0.4 is 0 Å². The first-order valence-corrected chi connectivity index (χ1v) is 3.56. The molecule has 0 aliphatic heterocycles. The van der Waals surface area contributed by atoms with Gasteiger partial charge in [-0.25, -0.2) is 0 Å². The summed E-state index contributed by atoms with van der Waals surface area (Å²) in [4.78, 5) is 0. The maximum Gasteiger partial charge on any atom is 0.164 e. The molecule has 0 amide bonds. The van der Waals surface area contributed by atoms with Crippen LogP contribution >= 0.6 is 0 Å². The number of rotatable bonds is 5. The molecule has 0 atom stereocenters. The zero-order chi connectivity index (χ0) is 8.04. The highest BCUT2D eigenvalue weighted by molar-refractivity contribution is 4.62. The largest absolute Gasteiger partial charge is 0.384 e. The maximum atomic E-state index is 9.12. The summed E-state index contributed by atoms with van der Waals surface area (Å²) in [5.41, 5.74) is 0. The smallest absolute Gasteiger partial charge is 0.164 e. The first kappa shape index (κ1) is 9.88. The van der Waals surface area contributed by atoms with Crippen LogP contribution in [-0.4, -0.2) is 29.7 Å². The van der Waals surface area contributed by atoms with Crippen LogP contribution in [0.25, 0.3) is 0 Å². The lowest BCUT2D eigenvalue weighted by Gasteiger charge is -2.19. The Balaban J connectivity index is 3.42. The number of aliphatic hydroxyl groups is 2. The SMILES string of the molecule is CCCC(O)(O)CCOC. The molecule has 0 aromatic rings. The zero-order valence-corrected chi connectivity index (χ0v) is 6.63. The topological polar surface area (TPSA) is 49.7 Å². The molecule has 0 aromatic heterocycles. The Morgan fingerprint density at radius 2 is 1.90 bits per heavy atom. The van der Waals surface area contributed by atoms with E-state index in [0.29, 0.717) is 13.0 Å². The third-order valence-electron chi connectivity index (χ3n) is 1.36. The molecule has 0 heterocycles. The van der Waals surface area contributed by atoms with Gasteiger partial charge < -0.3 is 14.9 Å². The fraction of sp³-hybridized carbons (Fsp3) is 1.00. The predicted molar refractivity (Wildman–Crippen MR) is 38.6 cm³/mol. The van der Waals surface area contributed by atoms with E-state index in [-0.39, 0.29) is 6.42 Å². The minimum atomic E-state index is -1.52. The van der Waals surface area contributed by atoms with Crippen molar-refractivity contribution in [2.24, 2.45) is 0 Å². The van der Waals surface area contributed by atoms with E-state index in [1.807, 2.05) is 6.92 Å². The van der Waals surface area contributed by atoms with Crippen molar-refractivity contribution in [3.63, 3.8) is 0 Å². The van der Waals surface area contributed by atoms with E-state index in [0.717, 1.165) is 6.42 Å². The van der Waals surface area contributed by atoms with Crippen molar-refractivity contribution in [3.05, 3.63) is 0 Å². The van der Waals surface area contributed by atoms with Crippen LogP contribution in [-0.2, 0) is 4.74 Å². The van der Waals surface area contributed by atoms with Crippen molar-refractivity contribution in [2.45, 2.75) is 32.0 Å². The van der Waals surface area contributed by atoms with Crippen molar-refractivity contribution in [1.29, 1.82) is 0 Å². The lowest BCUT2D eigenvalue weighted by molar-refractivity contribution is -0.176. The van der Waals surface area contributed by atoms with Crippen LogP contribution in [0.4, 0.5) is 0 Å². The summed E-state index contributed by atoms with van der Waals surface area (Å²) in [6.45, 7) is 2.31. The highest BCUT2D eigenvalue weighted by Gasteiger charge is 2.20. The van der Waals surface area contributed by atoms with Gasteiger partial charge in [0.2, 0.25) is 0 Å². The summed E-state index contributed by atoms with van der Waals surface area (Å²) in [5, 5.41) is 18.2. The molecule has 10 heavy (non-hydrogen) atoms. The van der Waals surface area contributed by atoms with E-state index < -0.39 is 5.79 Å². The van der Waals surface area contributed by atoms with E-state index in [1.54, 1.807) is 7.11 Å². The summed E-state index contributed by atoms with van der Waals surface area (Å²) >= 11 is 0. The highest BCUT2D eigenvalue weighted by Crippen LogP contribution is 2.12. The molecule has 3 nitrogen and oxygen atoms in total. The first-order valence-electron chi connectivity index (χ1n) is 3.56. The molecule has 62 valence electrons. The van der Waals surface area contributed by atoms with Gasteiger partial charge >= 0.3 is 0 Å². The third kappa shape index (κ3) is 4.73. The van der Waals surface area contributed by atoms with E-state index in [2.05, 4.69) is 0 Å². The van der Waals surface area contributed by atoms with Gasteiger partial charge in [0.25, 0.3) is 0 Å². The van der Waals surface area contributed by atoms with Gasteiger partial charge in [-0.3, -0.25) is 0 Å². The Kier molecular flexibility index (Phi) is 4.60. The van der Waals surface area contributed by atoms with Crippen molar-refractivity contribution in [2.75, 3.05) is 13.7 Å². The van der Waals surface area contributed by atoms with Gasteiger partial charge in [-0.2, -0.15) is 0 Å². The second-order valence-electron chi connectivity index (χ2n) is 2.48. The Morgan fingerprint density at radius 3 is 2.30 bits per heavy atom. The molecule has 0 rings (SSSR count). The molecule has 0 unspecified atom stereocenters. The zero-order valence-electron chi connectivity index (χ0n) is 6.63. The van der Waals surface area contributed by atoms with Gasteiger partial charge in [0.15, 0.2) is 5.79 Å². The second-order valence-corrected chi connectivity index (χ2v) is 2.48. The fourth-order valence-electron chi connectivity index (χ4n) is 0.791. The standard InChI is InChI=1S/C7H16O3/c1-3-4-7(8,9)5-6-10-2/h8-9H,3-6H2,1-2H3. The monoisotopic (exact) mass is 148 g/mol. The van der Waals surface area contributed by atoms with Gasteiger partial charge in [0.05, 0.1) is 6.61 Å². The summed E-state index contributed by atoms with van der Waals surface area (Å²) in [7, 11) is 1.54. The molecule has 3 heteroatoms. The van der Waals surface area contributed by atoms with E-state index >= 15 is 0 Å².